The molecule has 1 saturated heterocycles. The van der Waals surface area contributed by atoms with Crippen LogP contribution in [0.4, 0.5) is 0 Å². The Balaban J connectivity index is 2.46. The molecule has 1 fully saturated rings. The van der Waals surface area contributed by atoms with Gasteiger partial charge in [-0.05, 0) is 18.6 Å². The summed E-state index contributed by atoms with van der Waals surface area (Å²) >= 11 is 6.11. The van der Waals surface area contributed by atoms with Crippen molar-refractivity contribution in [2.75, 3.05) is 6.54 Å². The number of aliphatic carboxylic acids is 1. The van der Waals surface area contributed by atoms with Gasteiger partial charge < -0.3 is 10.0 Å². The first-order valence-electron chi connectivity index (χ1n) is 5.83. The minimum absolute atomic E-state index is 0.0407. The number of carboxylic acid groups (broad SMARTS) is 1. The predicted octanol–water partition coefficient (Wildman–Crippen LogP) is 2.33. The smallest absolute Gasteiger partial charge is 0.309 e. The first-order chi connectivity index (χ1) is 8.56. The molecule has 4 nitrogen and oxygen atoms in total. The first-order valence-corrected chi connectivity index (χ1v) is 6.20. The predicted molar refractivity (Wildman–Crippen MR) is 67.3 cm³/mol. The molecule has 18 heavy (non-hydrogen) atoms. The fourth-order valence-electron chi connectivity index (χ4n) is 2.48. The maximum atomic E-state index is 11.8. The third-order valence-electron chi connectivity index (χ3n) is 3.31. The standard InChI is InChI=1S/C13H14ClNO3/c1-2-15-11(16)7-9(13(17)18)12(15)8-5-3-4-6-10(8)14/h3-6,9,12H,2,7H2,1H3,(H,17,18). The summed E-state index contributed by atoms with van der Waals surface area (Å²) in [7, 11) is 0. The van der Waals surface area contributed by atoms with Crippen LogP contribution in [0.15, 0.2) is 24.3 Å². The number of halogens is 1. The molecule has 1 aliphatic heterocycles. The Morgan fingerprint density at radius 3 is 2.72 bits per heavy atom. The third kappa shape index (κ3) is 2.08. The Hall–Kier alpha value is -1.55. The average Bonchev–Trinajstić information content (AvgIpc) is 2.67. The second-order valence-electron chi connectivity index (χ2n) is 4.29. The van der Waals surface area contributed by atoms with Gasteiger partial charge in [0.25, 0.3) is 0 Å². The van der Waals surface area contributed by atoms with Crippen molar-refractivity contribution >= 4 is 23.5 Å². The van der Waals surface area contributed by atoms with Crippen molar-refractivity contribution in [2.45, 2.75) is 19.4 Å². The summed E-state index contributed by atoms with van der Waals surface area (Å²) < 4.78 is 0. The first kappa shape index (κ1) is 12.9. The van der Waals surface area contributed by atoms with Crippen LogP contribution in [0, 0.1) is 5.92 Å². The number of carboxylic acids is 1. The highest BCUT2D eigenvalue weighted by molar-refractivity contribution is 6.31. The Morgan fingerprint density at radius 2 is 2.17 bits per heavy atom. The van der Waals surface area contributed by atoms with E-state index in [2.05, 4.69) is 0 Å². The van der Waals surface area contributed by atoms with Gasteiger partial charge in [-0.3, -0.25) is 9.59 Å². The lowest BCUT2D eigenvalue weighted by Gasteiger charge is -2.26. The minimum Gasteiger partial charge on any atom is -0.481 e. The van der Waals surface area contributed by atoms with Crippen LogP contribution in [0.3, 0.4) is 0 Å². The summed E-state index contributed by atoms with van der Waals surface area (Å²) in [6, 6.07) is 6.62. The molecule has 2 atom stereocenters. The number of hydrogen-bond donors (Lipinski definition) is 1. The van der Waals surface area contributed by atoms with Gasteiger partial charge in [0.2, 0.25) is 5.91 Å². The average molecular weight is 268 g/mol. The quantitative estimate of drug-likeness (QED) is 0.914. The fraction of sp³-hybridized carbons (Fsp3) is 0.385. The lowest BCUT2D eigenvalue weighted by atomic mass is 9.93. The number of nitrogens with zero attached hydrogens (tertiary/aromatic N) is 1. The lowest BCUT2D eigenvalue weighted by molar-refractivity contribution is -0.142. The zero-order chi connectivity index (χ0) is 13.3. The van der Waals surface area contributed by atoms with E-state index in [-0.39, 0.29) is 12.3 Å². The summed E-state index contributed by atoms with van der Waals surface area (Å²) in [4.78, 5) is 24.7. The van der Waals surface area contributed by atoms with Gasteiger partial charge in [-0.2, -0.15) is 0 Å². The molecular formula is C13H14ClNO3. The molecule has 1 aromatic rings. The van der Waals surface area contributed by atoms with Crippen LogP contribution in [0.5, 0.6) is 0 Å². The van der Waals surface area contributed by atoms with E-state index < -0.39 is 17.9 Å². The van der Waals surface area contributed by atoms with Gasteiger partial charge in [0, 0.05) is 18.0 Å². The Bertz CT molecular complexity index is 489. The number of rotatable bonds is 3. The number of hydrogen-bond acceptors (Lipinski definition) is 2. The summed E-state index contributed by atoms with van der Waals surface area (Å²) in [6.45, 7) is 2.32. The maximum Gasteiger partial charge on any atom is 0.309 e. The molecule has 5 heteroatoms. The van der Waals surface area contributed by atoms with Crippen molar-refractivity contribution in [3.8, 4) is 0 Å². The molecule has 1 N–H and O–H groups in total. The highest BCUT2D eigenvalue weighted by Gasteiger charge is 2.44. The third-order valence-corrected chi connectivity index (χ3v) is 3.66. The second kappa shape index (κ2) is 4.98. The van der Waals surface area contributed by atoms with E-state index in [1.807, 2.05) is 6.92 Å². The highest BCUT2D eigenvalue weighted by atomic mass is 35.5. The van der Waals surface area contributed by atoms with Gasteiger partial charge >= 0.3 is 5.97 Å². The van der Waals surface area contributed by atoms with Crippen molar-refractivity contribution in [1.29, 1.82) is 0 Å². The summed E-state index contributed by atoms with van der Waals surface area (Å²) in [5.74, 6) is -1.81. The van der Waals surface area contributed by atoms with E-state index in [1.165, 1.54) is 0 Å². The van der Waals surface area contributed by atoms with Crippen LogP contribution in [0.1, 0.15) is 24.9 Å². The lowest BCUT2D eigenvalue weighted by Crippen LogP contribution is -2.30. The van der Waals surface area contributed by atoms with E-state index in [0.29, 0.717) is 17.1 Å². The van der Waals surface area contributed by atoms with Crippen LogP contribution in [0.2, 0.25) is 5.02 Å². The minimum atomic E-state index is -0.954. The van der Waals surface area contributed by atoms with Gasteiger partial charge in [0.15, 0.2) is 0 Å². The monoisotopic (exact) mass is 267 g/mol. The van der Waals surface area contributed by atoms with Crippen molar-refractivity contribution in [3.63, 3.8) is 0 Å². The molecule has 2 rings (SSSR count). The molecule has 0 spiro atoms. The van der Waals surface area contributed by atoms with E-state index in [9.17, 15) is 14.7 Å². The van der Waals surface area contributed by atoms with Gasteiger partial charge in [0.05, 0.1) is 12.0 Å². The van der Waals surface area contributed by atoms with E-state index >= 15 is 0 Å². The zero-order valence-electron chi connectivity index (χ0n) is 9.97. The summed E-state index contributed by atoms with van der Waals surface area (Å²) in [5, 5.41) is 9.75. The zero-order valence-corrected chi connectivity index (χ0v) is 10.7. The molecular weight excluding hydrogens is 254 g/mol. The summed E-state index contributed by atoms with van der Waals surface area (Å²) in [5.41, 5.74) is 0.708. The van der Waals surface area contributed by atoms with Gasteiger partial charge in [-0.1, -0.05) is 29.8 Å². The fourth-order valence-corrected chi connectivity index (χ4v) is 2.73. The normalized spacial score (nSPS) is 23.4. The molecule has 0 saturated carbocycles. The molecule has 0 aromatic heterocycles. The van der Waals surface area contributed by atoms with E-state index in [4.69, 9.17) is 11.6 Å². The van der Waals surface area contributed by atoms with Crippen molar-refractivity contribution in [3.05, 3.63) is 34.9 Å². The van der Waals surface area contributed by atoms with E-state index in [1.54, 1.807) is 29.2 Å². The topological polar surface area (TPSA) is 57.6 Å². The largest absolute Gasteiger partial charge is 0.481 e. The van der Waals surface area contributed by atoms with Crippen LogP contribution < -0.4 is 0 Å². The SMILES string of the molecule is CCN1C(=O)CC(C(=O)O)C1c1ccccc1Cl. The molecule has 1 aromatic carbocycles. The molecule has 96 valence electrons. The van der Waals surface area contributed by atoms with Crippen molar-refractivity contribution in [1.82, 2.24) is 4.90 Å². The molecule has 0 aliphatic carbocycles. The molecule has 0 bridgehead atoms. The van der Waals surface area contributed by atoms with Crippen LogP contribution in [-0.4, -0.2) is 28.4 Å². The molecule has 1 heterocycles. The Kier molecular flexibility index (Phi) is 3.57. The van der Waals surface area contributed by atoms with Crippen molar-refractivity contribution in [2.24, 2.45) is 5.92 Å². The molecule has 1 aliphatic rings. The van der Waals surface area contributed by atoms with Crippen LogP contribution in [-0.2, 0) is 9.59 Å². The molecule has 0 radical (unpaired) electrons. The number of amides is 1. The second-order valence-corrected chi connectivity index (χ2v) is 4.70. The maximum absolute atomic E-state index is 11.8. The van der Waals surface area contributed by atoms with Crippen LogP contribution in [0.25, 0.3) is 0 Å². The van der Waals surface area contributed by atoms with Gasteiger partial charge in [0.1, 0.15) is 0 Å². The van der Waals surface area contributed by atoms with Gasteiger partial charge in [-0.15, -0.1) is 0 Å². The Labute approximate surface area is 110 Å². The van der Waals surface area contributed by atoms with E-state index in [0.717, 1.165) is 0 Å². The van der Waals surface area contributed by atoms with Crippen LogP contribution >= 0.6 is 11.6 Å². The molecule has 1 amide bonds. The van der Waals surface area contributed by atoms with Crippen molar-refractivity contribution < 1.29 is 14.7 Å². The number of carbonyl (C=O) groups excluding carboxylic acids is 1. The van der Waals surface area contributed by atoms with Gasteiger partial charge in [-0.25, -0.2) is 0 Å². The number of carbonyl (C=O) groups is 2. The highest BCUT2D eigenvalue weighted by Crippen LogP contribution is 2.40. The molecule has 2 unspecified atom stereocenters. The number of likely N-dealkylation sites (tertiary alicyclic amines) is 1. The summed E-state index contributed by atoms with van der Waals surface area (Å²) in [6.07, 6.45) is 0.0407. The Morgan fingerprint density at radius 1 is 1.50 bits per heavy atom. The number of benzene rings is 1.